The second-order valence-electron chi connectivity index (χ2n) is 6.80. The zero-order valence-corrected chi connectivity index (χ0v) is 17.9. The van der Waals surface area contributed by atoms with E-state index in [1.807, 2.05) is 5.38 Å². The Labute approximate surface area is 187 Å². The third kappa shape index (κ3) is 4.60. The number of halogens is 1. The van der Waals surface area contributed by atoms with Crippen molar-refractivity contribution in [2.45, 2.75) is 13.5 Å². The van der Waals surface area contributed by atoms with E-state index in [-0.39, 0.29) is 12.2 Å². The Bertz CT molecular complexity index is 1290. The molecular weight excluding hydrogens is 431 g/mol. The molecule has 0 atom stereocenters. The van der Waals surface area contributed by atoms with Crippen molar-refractivity contribution < 1.29 is 23.5 Å². The highest BCUT2D eigenvalue weighted by molar-refractivity contribution is 7.17. The Morgan fingerprint density at radius 2 is 1.94 bits per heavy atom. The van der Waals surface area contributed by atoms with E-state index in [1.54, 1.807) is 43.5 Å². The van der Waals surface area contributed by atoms with E-state index in [2.05, 4.69) is 10.3 Å². The van der Waals surface area contributed by atoms with Crippen molar-refractivity contribution in [1.82, 2.24) is 4.98 Å². The molecule has 32 heavy (non-hydrogen) atoms. The van der Waals surface area contributed by atoms with Crippen LogP contribution in [-0.4, -0.2) is 23.5 Å². The number of aromatic nitrogens is 1. The van der Waals surface area contributed by atoms with Crippen LogP contribution in [0.15, 0.2) is 66.3 Å². The number of amides is 1. The molecule has 6 nitrogen and oxygen atoms in total. The molecule has 0 unspecified atom stereocenters. The van der Waals surface area contributed by atoms with Crippen molar-refractivity contribution in [3.8, 4) is 5.75 Å². The highest BCUT2D eigenvalue weighted by Gasteiger charge is 2.16. The summed E-state index contributed by atoms with van der Waals surface area (Å²) in [6.45, 7) is 2.30. The van der Waals surface area contributed by atoms with Gasteiger partial charge in [0, 0.05) is 35.1 Å². The van der Waals surface area contributed by atoms with Gasteiger partial charge in [-0.1, -0.05) is 18.2 Å². The van der Waals surface area contributed by atoms with Crippen LogP contribution in [0.4, 0.5) is 10.1 Å². The van der Waals surface area contributed by atoms with Gasteiger partial charge in [-0.25, -0.2) is 9.18 Å². The predicted molar refractivity (Wildman–Crippen MR) is 121 cm³/mol. The number of hydrogen-bond acceptors (Lipinski definition) is 6. The third-order valence-electron chi connectivity index (χ3n) is 4.66. The predicted octanol–water partition coefficient (Wildman–Crippen LogP) is 5.44. The maximum atomic E-state index is 13.8. The first kappa shape index (κ1) is 21.5. The molecule has 4 rings (SSSR count). The van der Waals surface area contributed by atoms with Crippen LogP contribution >= 0.6 is 11.3 Å². The molecule has 8 heteroatoms. The van der Waals surface area contributed by atoms with Crippen LogP contribution in [0, 0.1) is 5.82 Å². The van der Waals surface area contributed by atoms with Gasteiger partial charge in [0.1, 0.15) is 18.2 Å². The number of carbonyl (C=O) groups is 2. The molecule has 2 aromatic carbocycles. The molecule has 2 aromatic heterocycles. The highest BCUT2D eigenvalue weighted by atomic mass is 32.1. The van der Waals surface area contributed by atoms with Crippen LogP contribution in [0.3, 0.4) is 0 Å². The minimum absolute atomic E-state index is 0.0338. The number of benzene rings is 2. The molecule has 0 fully saturated rings. The fourth-order valence-corrected chi connectivity index (χ4v) is 4.16. The monoisotopic (exact) mass is 450 g/mol. The summed E-state index contributed by atoms with van der Waals surface area (Å²) in [6, 6.07) is 12.6. The van der Waals surface area contributed by atoms with E-state index in [0.29, 0.717) is 23.6 Å². The molecule has 0 bridgehead atoms. The molecule has 0 spiro atoms. The number of fused-ring (bicyclic) bond motifs is 1. The Hall–Kier alpha value is -3.78. The lowest BCUT2D eigenvalue weighted by atomic mass is 10.2. The molecule has 0 aliphatic heterocycles. The molecular formula is C24H19FN2O4S. The zero-order chi connectivity index (χ0) is 22.5. The highest BCUT2D eigenvalue weighted by Crippen LogP contribution is 2.30. The zero-order valence-electron chi connectivity index (χ0n) is 17.1. The standard InChI is InChI=1S/C24H19FN2O4S/c1-2-30-24(29)20-12-26-11-19-15(14-32-22(19)20)13-31-17-7-5-6-16(10-17)27-23(28)18-8-3-4-9-21(18)25/h3-12,14H,2,13H2,1H3,(H,27,28). The lowest BCUT2D eigenvalue weighted by Crippen LogP contribution is -2.13. The summed E-state index contributed by atoms with van der Waals surface area (Å²) in [4.78, 5) is 28.6. The molecule has 1 amide bonds. The van der Waals surface area contributed by atoms with Gasteiger partial charge in [-0.05, 0) is 36.6 Å². The number of esters is 1. The number of rotatable bonds is 7. The van der Waals surface area contributed by atoms with Gasteiger partial charge in [0.2, 0.25) is 0 Å². The Morgan fingerprint density at radius 1 is 1.09 bits per heavy atom. The summed E-state index contributed by atoms with van der Waals surface area (Å²) in [5.74, 6) is -0.998. The summed E-state index contributed by atoms with van der Waals surface area (Å²) in [5.41, 5.74) is 1.76. The summed E-state index contributed by atoms with van der Waals surface area (Å²) < 4.78 is 25.6. The maximum Gasteiger partial charge on any atom is 0.341 e. The summed E-state index contributed by atoms with van der Waals surface area (Å²) in [6.07, 6.45) is 3.20. The largest absolute Gasteiger partial charge is 0.489 e. The first-order valence-corrected chi connectivity index (χ1v) is 10.7. The summed E-state index contributed by atoms with van der Waals surface area (Å²) >= 11 is 1.43. The second-order valence-corrected chi connectivity index (χ2v) is 7.68. The lowest BCUT2D eigenvalue weighted by molar-refractivity contribution is 0.0528. The number of carbonyl (C=O) groups excluding carboxylic acids is 2. The Kier molecular flexibility index (Phi) is 6.42. The normalized spacial score (nSPS) is 10.7. The van der Waals surface area contributed by atoms with Gasteiger partial charge >= 0.3 is 5.97 Å². The first-order valence-electron chi connectivity index (χ1n) is 9.86. The fourth-order valence-electron chi connectivity index (χ4n) is 3.13. The molecule has 0 aliphatic carbocycles. The van der Waals surface area contributed by atoms with Gasteiger partial charge < -0.3 is 14.8 Å². The van der Waals surface area contributed by atoms with Crippen LogP contribution in [0.1, 0.15) is 33.2 Å². The molecule has 0 saturated carbocycles. The number of nitrogens with zero attached hydrogens (tertiary/aromatic N) is 1. The number of pyridine rings is 1. The lowest BCUT2D eigenvalue weighted by Gasteiger charge is -2.10. The molecule has 0 aliphatic rings. The molecule has 162 valence electrons. The van der Waals surface area contributed by atoms with Crippen molar-refractivity contribution in [2.75, 3.05) is 11.9 Å². The van der Waals surface area contributed by atoms with Crippen molar-refractivity contribution in [3.63, 3.8) is 0 Å². The van der Waals surface area contributed by atoms with Crippen LogP contribution in [-0.2, 0) is 11.3 Å². The van der Waals surface area contributed by atoms with Crippen LogP contribution in [0.5, 0.6) is 5.75 Å². The number of thiophene rings is 1. The Morgan fingerprint density at radius 3 is 2.75 bits per heavy atom. The third-order valence-corrected chi connectivity index (χ3v) is 5.74. The first-order chi connectivity index (χ1) is 15.6. The van der Waals surface area contributed by atoms with Gasteiger partial charge in [-0.3, -0.25) is 9.78 Å². The van der Waals surface area contributed by atoms with Gasteiger partial charge in [0.05, 0.1) is 22.4 Å². The van der Waals surface area contributed by atoms with Crippen molar-refractivity contribution in [3.05, 3.63) is 88.8 Å². The van der Waals surface area contributed by atoms with Gasteiger partial charge in [-0.2, -0.15) is 0 Å². The molecule has 1 N–H and O–H groups in total. The molecule has 4 aromatic rings. The second kappa shape index (κ2) is 9.57. The average molecular weight is 450 g/mol. The van der Waals surface area contributed by atoms with Crippen molar-refractivity contribution >= 4 is 39.0 Å². The number of anilines is 1. The molecule has 2 heterocycles. The van der Waals surface area contributed by atoms with E-state index in [4.69, 9.17) is 9.47 Å². The fraction of sp³-hybridized carbons (Fsp3) is 0.125. The topological polar surface area (TPSA) is 77.5 Å². The molecule has 0 radical (unpaired) electrons. The van der Waals surface area contributed by atoms with Crippen molar-refractivity contribution in [1.29, 1.82) is 0 Å². The quantitative estimate of drug-likeness (QED) is 0.379. The van der Waals surface area contributed by atoms with Gasteiger partial charge in [-0.15, -0.1) is 11.3 Å². The van der Waals surface area contributed by atoms with Gasteiger partial charge in [0.15, 0.2) is 0 Å². The van der Waals surface area contributed by atoms with Crippen molar-refractivity contribution in [2.24, 2.45) is 0 Å². The maximum absolute atomic E-state index is 13.8. The van der Waals surface area contributed by atoms with Crippen LogP contribution in [0.2, 0.25) is 0 Å². The summed E-state index contributed by atoms with van der Waals surface area (Å²) in [5, 5.41) is 5.42. The number of nitrogens with one attached hydrogen (secondary N) is 1. The van der Waals surface area contributed by atoms with E-state index in [1.165, 1.54) is 35.7 Å². The minimum Gasteiger partial charge on any atom is -0.489 e. The average Bonchev–Trinajstić information content (AvgIpc) is 3.21. The smallest absolute Gasteiger partial charge is 0.341 e. The van der Waals surface area contributed by atoms with E-state index >= 15 is 0 Å². The minimum atomic E-state index is -0.586. The van der Waals surface area contributed by atoms with Crippen LogP contribution < -0.4 is 10.1 Å². The van der Waals surface area contributed by atoms with Gasteiger partial charge in [0.25, 0.3) is 5.91 Å². The number of ether oxygens (including phenoxy) is 2. The van der Waals surface area contributed by atoms with E-state index in [0.717, 1.165) is 15.6 Å². The Balaban J connectivity index is 1.47. The van der Waals surface area contributed by atoms with E-state index < -0.39 is 17.7 Å². The summed E-state index contributed by atoms with van der Waals surface area (Å²) in [7, 11) is 0. The molecule has 0 saturated heterocycles. The van der Waals surface area contributed by atoms with Crippen LogP contribution in [0.25, 0.3) is 10.1 Å². The van der Waals surface area contributed by atoms with E-state index in [9.17, 15) is 14.0 Å². The number of hydrogen-bond donors (Lipinski definition) is 1. The SMILES string of the molecule is CCOC(=O)c1cncc2c(COc3cccc(NC(=O)c4ccccc4F)c3)csc12.